The molecule has 142 valence electrons. The number of benzene rings is 1. The highest BCUT2D eigenvalue weighted by atomic mass is 35.5. The summed E-state index contributed by atoms with van der Waals surface area (Å²) in [4.78, 5) is 27.4. The second kappa shape index (κ2) is 6.23. The van der Waals surface area contributed by atoms with Crippen molar-refractivity contribution < 1.29 is 0 Å². The minimum absolute atomic E-state index is 0.105. The summed E-state index contributed by atoms with van der Waals surface area (Å²) in [6.45, 7) is 1.82. The Morgan fingerprint density at radius 1 is 1.10 bits per heavy atom. The molecule has 0 atom stereocenters. The molecule has 0 radical (unpaired) electrons. The number of hydrogen-bond donors (Lipinski definition) is 1. The lowest BCUT2D eigenvalue weighted by Crippen LogP contribution is -2.08. The predicted octanol–water partition coefficient (Wildman–Crippen LogP) is 5.99. The summed E-state index contributed by atoms with van der Waals surface area (Å²) in [5, 5.41) is 3.81. The number of fused-ring (bicyclic) bond motifs is 6. The van der Waals surface area contributed by atoms with Crippen molar-refractivity contribution in [2.24, 2.45) is 0 Å². The first-order valence-electron chi connectivity index (χ1n) is 9.29. The molecule has 4 aromatic heterocycles. The number of aryl methyl sites for hydroxylation is 2. The van der Waals surface area contributed by atoms with E-state index in [1.165, 1.54) is 27.3 Å². The molecular weight excluding hydrogens is 422 g/mol. The number of H-pyrrole nitrogens is 1. The number of hydrogen-bond acceptors (Lipinski definition) is 5. The van der Waals surface area contributed by atoms with E-state index < -0.39 is 0 Å². The van der Waals surface area contributed by atoms with Crippen LogP contribution in [0.1, 0.15) is 16.3 Å². The van der Waals surface area contributed by atoms with Crippen molar-refractivity contribution in [3.8, 4) is 22.4 Å². The number of nitrogens with one attached hydrogen (secondary N) is 1. The fourth-order valence-electron chi connectivity index (χ4n) is 4.22. The molecule has 6 rings (SSSR count). The van der Waals surface area contributed by atoms with Gasteiger partial charge in [-0.15, -0.1) is 22.7 Å². The zero-order valence-corrected chi connectivity index (χ0v) is 17.8. The maximum absolute atomic E-state index is 12.6. The summed E-state index contributed by atoms with van der Waals surface area (Å²) in [7, 11) is 0. The highest BCUT2D eigenvalue weighted by Gasteiger charge is 2.27. The number of halogens is 1. The standard InChI is InChI=1S/C22H14ClN3OS2/c1-10-24-19-17-16(11-2-4-12(23)5-3-11)14-6-7-15-13(8-9-28-15)18(14)26-22(17)29-20(19)21(27)25-10/h2-5,8-9H,6-7H2,1H3,(H,24,25,27). The molecule has 5 aromatic rings. The molecule has 7 heteroatoms. The van der Waals surface area contributed by atoms with Crippen molar-refractivity contribution in [1.82, 2.24) is 15.0 Å². The topological polar surface area (TPSA) is 58.6 Å². The highest BCUT2D eigenvalue weighted by molar-refractivity contribution is 7.25. The zero-order chi connectivity index (χ0) is 19.7. The largest absolute Gasteiger partial charge is 0.310 e. The van der Waals surface area contributed by atoms with E-state index in [0.717, 1.165) is 45.4 Å². The van der Waals surface area contributed by atoms with Crippen LogP contribution in [0.5, 0.6) is 0 Å². The second-order valence-electron chi connectivity index (χ2n) is 7.19. The number of aromatic amines is 1. The molecule has 1 aromatic carbocycles. The van der Waals surface area contributed by atoms with Gasteiger partial charge in [-0.25, -0.2) is 9.97 Å². The fraction of sp³-hybridized carbons (Fsp3) is 0.136. The zero-order valence-electron chi connectivity index (χ0n) is 15.4. The van der Waals surface area contributed by atoms with Crippen LogP contribution in [0, 0.1) is 6.92 Å². The lowest BCUT2D eigenvalue weighted by molar-refractivity contribution is 0.957. The van der Waals surface area contributed by atoms with E-state index in [1.54, 1.807) is 11.3 Å². The van der Waals surface area contributed by atoms with Gasteiger partial charge in [0.05, 0.1) is 11.2 Å². The quantitative estimate of drug-likeness (QED) is 0.352. The van der Waals surface area contributed by atoms with E-state index in [4.69, 9.17) is 21.6 Å². The van der Waals surface area contributed by atoms with Gasteiger partial charge in [-0.05, 0) is 60.0 Å². The van der Waals surface area contributed by atoms with Crippen molar-refractivity contribution in [2.75, 3.05) is 0 Å². The van der Waals surface area contributed by atoms with Crippen LogP contribution in [-0.2, 0) is 12.8 Å². The monoisotopic (exact) mass is 435 g/mol. The molecule has 1 N–H and O–H groups in total. The Morgan fingerprint density at radius 3 is 2.76 bits per heavy atom. The highest BCUT2D eigenvalue weighted by Crippen LogP contribution is 2.46. The molecule has 1 aliphatic rings. The van der Waals surface area contributed by atoms with Crippen molar-refractivity contribution in [2.45, 2.75) is 19.8 Å². The van der Waals surface area contributed by atoms with E-state index in [2.05, 4.69) is 16.4 Å². The van der Waals surface area contributed by atoms with Gasteiger partial charge in [0, 0.05) is 20.8 Å². The average Bonchev–Trinajstić information content (AvgIpc) is 3.32. The van der Waals surface area contributed by atoms with Crippen molar-refractivity contribution in [3.05, 3.63) is 67.4 Å². The van der Waals surface area contributed by atoms with Crippen LogP contribution in [0.25, 0.3) is 42.8 Å². The van der Waals surface area contributed by atoms with Crippen LogP contribution >= 0.6 is 34.3 Å². The molecular formula is C22H14ClN3OS2. The van der Waals surface area contributed by atoms with Crippen molar-refractivity contribution in [3.63, 3.8) is 0 Å². The van der Waals surface area contributed by atoms with E-state index >= 15 is 0 Å². The number of nitrogens with zero attached hydrogens (tertiary/aromatic N) is 2. The Morgan fingerprint density at radius 2 is 1.93 bits per heavy atom. The third-order valence-electron chi connectivity index (χ3n) is 5.43. The molecule has 0 fully saturated rings. The molecule has 1 aliphatic carbocycles. The summed E-state index contributed by atoms with van der Waals surface area (Å²) in [5.41, 5.74) is 6.31. The lowest BCUT2D eigenvalue weighted by Gasteiger charge is -2.20. The van der Waals surface area contributed by atoms with Crippen LogP contribution in [-0.4, -0.2) is 15.0 Å². The number of rotatable bonds is 1. The van der Waals surface area contributed by atoms with Gasteiger partial charge >= 0.3 is 0 Å². The van der Waals surface area contributed by atoms with Gasteiger partial charge in [0.25, 0.3) is 5.56 Å². The maximum atomic E-state index is 12.6. The molecule has 0 spiro atoms. The van der Waals surface area contributed by atoms with Gasteiger partial charge < -0.3 is 4.98 Å². The third kappa shape index (κ3) is 2.53. The van der Waals surface area contributed by atoms with Gasteiger partial charge in [0.15, 0.2) is 0 Å². The minimum atomic E-state index is -0.105. The first kappa shape index (κ1) is 17.3. The van der Waals surface area contributed by atoms with Crippen LogP contribution in [0.3, 0.4) is 0 Å². The molecule has 4 heterocycles. The summed E-state index contributed by atoms with van der Waals surface area (Å²) in [6.07, 6.45) is 1.92. The Kier molecular flexibility index (Phi) is 3.72. The molecule has 0 saturated heterocycles. The Hall–Kier alpha value is -2.54. The number of thiophene rings is 2. The fourth-order valence-corrected chi connectivity index (χ4v) is 6.24. The van der Waals surface area contributed by atoms with Crippen LogP contribution in [0.4, 0.5) is 0 Å². The first-order chi connectivity index (χ1) is 14.1. The Labute approximate surface area is 178 Å². The normalized spacial score (nSPS) is 13.0. The smallest absolute Gasteiger partial charge is 0.268 e. The predicted molar refractivity (Wildman–Crippen MR) is 121 cm³/mol. The van der Waals surface area contributed by atoms with Gasteiger partial charge in [0.1, 0.15) is 15.4 Å². The first-order valence-corrected chi connectivity index (χ1v) is 11.4. The van der Waals surface area contributed by atoms with Crippen LogP contribution < -0.4 is 5.56 Å². The summed E-state index contributed by atoms with van der Waals surface area (Å²) < 4.78 is 0.626. The van der Waals surface area contributed by atoms with E-state index in [9.17, 15) is 4.79 Å². The summed E-state index contributed by atoms with van der Waals surface area (Å²) in [5.74, 6) is 0.613. The van der Waals surface area contributed by atoms with Gasteiger partial charge in [-0.3, -0.25) is 4.79 Å². The average molecular weight is 436 g/mol. The van der Waals surface area contributed by atoms with Gasteiger partial charge in [-0.1, -0.05) is 23.7 Å². The van der Waals surface area contributed by atoms with E-state index in [1.807, 2.05) is 31.2 Å². The molecule has 4 nitrogen and oxygen atoms in total. The Bertz CT molecular complexity index is 1500. The van der Waals surface area contributed by atoms with Crippen LogP contribution in [0.2, 0.25) is 5.02 Å². The molecule has 0 amide bonds. The molecule has 0 saturated carbocycles. The maximum Gasteiger partial charge on any atom is 0.268 e. The molecule has 0 aliphatic heterocycles. The summed E-state index contributed by atoms with van der Waals surface area (Å²) >= 11 is 9.37. The molecule has 0 unspecified atom stereocenters. The van der Waals surface area contributed by atoms with Gasteiger partial charge in [-0.2, -0.15) is 0 Å². The van der Waals surface area contributed by atoms with Crippen molar-refractivity contribution >= 4 is 54.7 Å². The van der Waals surface area contributed by atoms with E-state index in [-0.39, 0.29) is 5.56 Å². The Balaban J connectivity index is 1.83. The molecule has 29 heavy (non-hydrogen) atoms. The number of pyridine rings is 1. The third-order valence-corrected chi connectivity index (χ3v) is 7.74. The van der Waals surface area contributed by atoms with Crippen LogP contribution in [0.15, 0.2) is 40.5 Å². The molecule has 0 bridgehead atoms. The van der Waals surface area contributed by atoms with E-state index in [0.29, 0.717) is 15.5 Å². The SMILES string of the molecule is Cc1nc2c(sc3nc4c(c(-c5ccc(Cl)cc5)c32)CCc2sccc2-4)c(=O)[nH]1. The lowest BCUT2D eigenvalue weighted by atomic mass is 9.87. The van der Waals surface area contributed by atoms with Gasteiger partial charge in [0.2, 0.25) is 0 Å². The van der Waals surface area contributed by atoms with Crippen molar-refractivity contribution in [1.29, 1.82) is 0 Å². The second-order valence-corrected chi connectivity index (χ2v) is 9.63. The number of aromatic nitrogens is 3. The minimum Gasteiger partial charge on any atom is -0.310 e. The summed E-state index contributed by atoms with van der Waals surface area (Å²) in [6, 6.07) is 10.1.